The van der Waals surface area contributed by atoms with E-state index in [9.17, 15) is 14.7 Å². The lowest BCUT2D eigenvalue weighted by atomic mass is 9.28. The van der Waals surface area contributed by atoms with Crippen molar-refractivity contribution < 1.29 is 24.2 Å². The molecule has 12 aliphatic rings. The van der Waals surface area contributed by atoms with Crippen LogP contribution in [0.3, 0.4) is 0 Å². The molecule has 1 amide bonds. The first-order chi connectivity index (χ1) is 29.1. The summed E-state index contributed by atoms with van der Waals surface area (Å²) in [5.41, 5.74) is -0.323. The molecular weight excluding hydrogens is 773 g/mol. The van der Waals surface area contributed by atoms with Crippen molar-refractivity contribution >= 4 is 17.8 Å². The molecule has 1 aromatic rings. The maximum absolute atomic E-state index is 16.0. The molecule has 17 atom stereocenters. The van der Waals surface area contributed by atoms with Crippen LogP contribution in [0.1, 0.15) is 201 Å². The van der Waals surface area contributed by atoms with Crippen LogP contribution in [-0.2, 0) is 19.1 Å². The lowest BCUT2D eigenvalue weighted by Crippen LogP contribution is -2.79. The van der Waals surface area contributed by atoms with Gasteiger partial charge in [-0.3, -0.25) is 14.4 Å². The third kappa shape index (κ3) is 4.49. The average molecular weight is 851 g/mol. The zero-order valence-corrected chi connectivity index (χ0v) is 39.9. The number of carboxylic acid groups (broad SMARTS) is 1. The summed E-state index contributed by atoms with van der Waals surface area (Å²) < 4.78 is 8.99. The Morgan fingerprint density at radius 3 is 2.19 bits per heavy atom. The summed E-state index contributed by atoms with van der Waals surface area (Å²) in [4.78, 5) is 44.1. The number of hydrogen-bond acceptors (Lipinski definition) is 6. The first-order valence-electron chi connectivity index (χ1n) is 25.8. The van der Waals surface area contributed by atoms with E-state index < -0.39 is 11.4 Å². The van der Waals surface area contributed by atoms with E-state index in [0.29, 0.717) is 64.8 Å². The van der Waals surface area contributed by atoms with Gasteiger partial charge < -0.3 is 19.3 Å². The normalized spacial score (nSPS) is 52.0. The van der Waals surface area contributed by atoms with Crippen molar-refractivity contribution in [3.8, 4) is 0 Å². The highest BCUT2D eigenvalue weighted by molar-refractivity contribution is 5.87. The van der Waals surface area contributed by atoms with Crippen LogP contribution >= 0.6 is 0 Å². The van der Waals surface area contributed by atoms with Crippen molar-refractivity contribution in [3.63, 3.8) is 0 Å². The summed E-state index contributed by atoms with van der Waals surface area (Å²) in [5.74, 6) is 6.10. The molecule has 10 saturated carbocycles. The first kappa shape index (κ1) is 41.0. The van der Waals surface area contributed by atoms with E-state index in [-0.39, 0.29) is 56.5 Å². The number of esters is 1. The third-order valence-corrected chi connectivity index (χ3v) is 24.3. The summed E-state index contributed by atoms with van der Waals surface area (Å²) in [5, 5.41) is 19.0. The summed E-state index contributed by atoms with van der Waals surface area (Å²) in [7, 11) is 0. The second-order valence-electron chi connectivity index (χ2n) is 26.9. The Labute approximate surface area is 371 Å². The lowest BCUT2D eigenvalue weighted by Gasteiger charge is -2.76. The molecule has 0 aromatic carbocycles. The first-order valence-corrected chi connectivity index (χ1v) is 25.8. The fraction of sp³-hybridized carbons (Fsp3) is 0.906. The maximum atomic E-state index is 16.0. The minimum Gasteiger partial charge on any atom is -0.481 e. The molecule has 2 saturated heterocycles. The predicted molar refractivity (Wildman–Crippen MR) is 235 cm³/mol. The number of carbonyl (C=O) groups excluding carboxylic acids is 2. The Hall–Kier alpha value is -2.45. The van der Waals surface area contributed by atoms with E-state index in [1.165, 1.54) is 64.2 Å². The molecule has 2 bridgehead atoms. The summed E-state index contributed by atoms with van der Waals surface area (Å²) in [6.07, 6.45) is 19.9. The molecule has 7 unspecified atom stereocenters. The molecule has 1 aromatic heterocycles. The van der Waals surface area contributed by atoms with Gasteiger partial charge in [-0.2, -0.15) is 0 Å². The monoisotopic (exact) mass is 851 g/mol. The van der Waals surface area contributed by atoms with Crippen molar-refractivity contribution in [3.05, 3.63) is 11.6 Å². The van der Waals surface area contributed by atoms with Gasteiger partial charge in [-0.15, -0.1) is 10.2 Å². The van der Waals surface area contributed by atoms with Crippen LogP contribution in [0.5, 0.6) is 0 Å². The number of carbonyl (C=O) groups is 3. The van der Waals surface area contributed by atoms with Gasteiger partial charge in [0.15, 0.2) is 0 Å². The average Bonchev–Trinajstić information content (AvgIpc) is 3.82. The van der Waals surface area contributed by atoms with Gasteiger partial charge in [-0.05, 0) is 193 Å². The molecule has 12 fully saturated rings. The van der Waals surface area contributed by atoms with Crippen LogP contribution in [0.15, 0.2) is 0 Å². The fourth-order valence-corrected chi connectivity index (χ4v) is 21.1. The van der Waals surface area contributed by atoms with Crippen LogP contribution in [0.4, 0.5) is 0 Å². The summed E-state index contributed by atoms with van der Waals surface area (Å²) >= 11 is 0. The fourth-order valence-electron chi connectivity index (χ4n) is 21.1. The highest BCUT2D eigenvalue weighted by Crippen LogP contribution is 2.88. The van der Waals surface area contributed by atoms with Gasteiger partial charge in [0.05, 0.1) is 22.8 Å². The van der Waals surface area contributed by atoms with Crippen LogP contribution < -0.4 is 0 Å². The number of rotatable bonds is 8. The molecule has 3 heterocycles. The molecule has 9 nitrogen and oxygen atoms in total. The summed E-state index contributed by atoms with van der Waals surface area (Å²) in [6.45, 7) is 23.2. The quantitative estimate of drug-likeness (QED) is 0.259. The van der Waals surface area contributed by atoms with E-state index in [2.05, 4.69) is 75.1 Å². The Bertz CT molecular complexity index is 2160. The van der Waals surface area contributed by atoms with Gasteiger partial charge in [-0.1, -0.05) is 48.5 Å². The minimum absolute atomic E-state index is 0.0448. The predicted octanol–water partition coefficient (Wildman–Crippen LogP) is 10.7. The Morgan fingerprint density at radius 1 is 0.758 bits per heavy atom. The molecule has 2 aliphatic heterocycles. The molecule has 2 spiro atoms. The second kappa shape index (κ2) is 12.1. The van der Waals surface area contributed by atoms with Crippen molar-refractivity contribution in [2.45, 2.75) is 214 Å². The summed E-state index contributed by atoms with van der Waals surface area (Å²) in [6, 6.07) is 0.795. The molecule has 9 heteroatoms. The van der Waals surface area contributed by atoms with Crippen molar-refractivity contribution in [2.24, 2.45) is 84.7 Å². The van der Waals surface area contributed by atoms with Crippen LogP contribution in [0.2, 0.25) is 0 Å². The van der Waals surface area contributed by atoms with Crippen LogP contribution in [0.25, 0.3) is 0 Å². The Morgan fingerprint density at radius 2 is 1.50 bits per heavy atom. The smallest absolute Gasteiger partial charge is 0.309 e. The van der Waals surface area contributed by atoms with E-state index in [0.717, 1.165) is 62.5 Å². The van der Waals surface area contributed by atoms with Crippen LogP contribution in [0, 0.1) is 91.7 Å². The van der Waals surface area contributed by atoms with E-state index in [4.69, 9.17) is 4.74 Å². The minimum atomic E-state index is -1.14. The molecule has 62 heavy (non-hydrogen) atoms. The standard InChI is InChI=1S/C53H78N4O5/c1-29(2)42-55-54-30(3)56(42)36-27-52-18-14-35(41(36)52)57(52)43(59)51-17-13-32(46(6)19-20-46)40(51)33-11-12-37-48(8,47(33,7)21-23-51)22-24-53-34-25-31(34)26-50(53,10)38(15-16-49(37,53)9)62-39(58)28-45(4,5)44(60)61/h29,31-38,40-41H,11-28H2,1-10H3,(H,60,61)/t31?,32-,33?,34?,35?,36?,37+,38+,40-,41?,47-,48-,49-,50-,51+,52?,53+/m1/s1. The van der Waals surface area contributed by atoms with Crippen molar-refractivity contribution in [1.82, 2.24) is 19.7 Å². The highest BCUT2D eigenvalue weighted by Gasteiger charge is 2.84. The zero-order chi connectivity index (χ0) is 43.7. The molecule has 10 aliphatic carbocycles. The number of piperidine rings is 1. The lowest BCUT2D eigenvalue weighted by molar-refractivity contribution is -0.291. The van der Waals surface area contributed by atoms with Gasteiger partial charge in [0.25, 0.3) is 0 Å². The number of carboxylic acids is 1. The SMILES string of the molecule is Cc1nnc(C(C)C)n1C1CC23CCC(C12)N3C(=O)[C@]12CC[C@@H](C3(C)CC3)[C@@H]1C1CC[C@@H]3[C@@]4(C)CC[C@H](OC(=O)CC(C)(C)C(=O)O)[C@@]5(C)CC6CC6[C@]54CC[C@@]3(C)[C@]1(C)CC2. The topological polar surface area (TPSA) is 115 Å². The van der Waals surface area contributed by atoms with Gasteiger partial charge in [0.2, 0.25) is 5.91 Å². The van der Waals surface area contributed by atoms with Crippen molar-refractivity contribution in [1.29, 1.82) is 0 Å². The van der Waals surface area contributed by atoms with E-state index >= 15 is 4.79 Å². The molecule has 1 N–H and O–H groups in total. The van der Waals surface area contributed by atoms with Gasteiger partial charge in [-0.25, -0.2) is 0 Å². The number of aliphatic carboxylic acids is 1. The number of hydrogen-bond donors (Lipinski definition) is 1. The molecule has 13 rings (SSSR count). The number of fused-ring (bicyclic) bond motifs is 8. The van der Waals surface area contributed by atoms with E-state index in [1.807, 2.05) is 0 Å². The number of nitrogens with zero attached hydrogens (tertiary/aromatic N) is 4. The molecular formula is C53H78N4O5. The number of amides is 1. The molecule has 340 valence electrons. The Balaban J connectivity index is 0.852. The zero-order valence-electron chi connectivity index (χ0n) is 39.9. The van der Waals surface area contributed by atoms with Gasteiger partial charge in [0, 0.05) is 29.3 Å². The highest BCUT2D eigenvalue weighted by atomic mass is 16.5. The molecule has 0 radical (unpaired) electrons. The van der Waals surface area contributed by atoms with Gasteiger partial charge in [0.1, 0.15) is 17.8 Å². The van der Waals surface area contributed by atoms with Crippen LogP contribution in [-0.4, -0.2) is 60.3 Å². The maximum Gasteiger partial charge on any atom is 0.309 e. The Kier molecular flexibility index (Phi) is 8.01. The second-order valence-corrected chi connectivity index (χ2v) is 26.9. The van der Waals surface area contributed by atoms with Gasteiger partial charge >= 0.3 is 11.9 Å². The number of aryl methyl sites for hydroxylation is 1. The van der Waals surface area contributed by atoms with Crippen molar-refractivity contribution in [2.75, 3.05) is 0 Å². The third-order valence-electron chi connectivity index (χ3n) is 24.3. The van der Waals surface area contributed by atoms with E-state index in [1.54, 1.807) is 13.8 Å². The number of ether oxygens (including phenoxy) is 1. The largest absolute Gasteiger partial charge is 0.481 e. The number of aromatic nitrogens is 3.